The molecule has 0 radical (unpaired) electrons. The highest BCUT2D eigenvalue weighted by atomic mass is 16.5. The van der Waals surface area contributed by atoms with E-state index in [1.807, 2.05) is 48.5 Å². The number of esters is 1. The molecule has 0 bridgehead atoms. The zero-order valence-corrected chi connectivity index (χ0v) is 18.9. The lowest BCUT2D eigenvalue weighted by atomic mass is 9.90. The Bertz CT molecular complexity index is 1180. The van der Waals surface area contributed by atoms with Crippen molar-refractivity contribution in [1.82, 2.24) is 4.57 Å². The molecule has 0 aliphatic carbocycles. The Labute approximate surface area is 190 Å². The number of ether oxygens (including phenoxy) is 1. The quantitative estimate of drug-likeness (QED) is 0.325. The molecule has 3 aromatic carbocycles. The van der Waals surface area contributed by atoms with Gasteiger partial charge in [-0.15, -0.1) is 0 Å². The first-order chi connectivity index (χ1) is 15.5. The predicted octanol–water partition coefficient (Wildman–Crippen LogP) is 6.34. The second-order valence-corrected chi connectivity index (χ2v) is 8.34. The van der Waals surface area contributed by atoms with Gasteiger partial charge in [0.15, 0.2) is 0 Å². The van der Waals surface area contributed by atoms with E-state index >= 15 is 0 Å². The van der Waals surface area contributed by atoms with Crippen LogP contribution in [0.15, 0.2) is 91.0 Å². The summed E-state index contributed by atoms with van der Waals surface area (Å²) >= 11 is 0. The van der Waals surface area contributed by atoms with Gasteiger partial charge in [-0.25, -0.2) is 0 Å². The van der Waals surface area contributed by atoms with Crippen molar-refractivity contribution in [1.29, 1.82) is 0 Å². The van der Waals surface area contributed by atoms with Crippen LogP contribution in [-0.4, -0.2) is 10.5 Å². The highest BCUT2D eigenvalue weighted by Gasteiger charge is 2.28. The molecule has 0 amide bonds. The van der Waals surface area contributed by atoms with Crippen LogP contribution < -0.4 is 0 Å². The summed E-state index contributed by atoms with van der Waals surface area (Å²) in [6.45, 7) is 7.29. The van der Waals surface area contributed by atoms with Crippen molar-refractivity contribution in [3.63, 3.8) is 0 Å². The maximum atomic E-state index is 13.4. The highest BCUT2D eigenvalue weighted by molar-refractivity contribution is 5.82. The molecule has 0 unspecified atom stereocenters. The maximum Gasteiger partial charge on any atom is 0.318 e. The lowest BCUT2D eigenvalue weighted by Gasteiger charge is -2.18. The molecule has 0 fully saturated rings. The van der Waals surface area contributed by atoms with E-state index in [2.05, 4.69) is 67.8 Å². The van der Waals surface area contributed by atoms with E-state index in [-0.39, 0.29) is 12.6 Å². The Balaban J connectivity index is 1.67. The summed E-state index contributed by atoms with van der Waals surface area (Å²) < 4.78 is 8.08. The molecular formula is C29H29NO2. The molecule has 4 rings (SSSR count). The van der Waals surface area contributed by atoms with Crippen molar-refractivity contribution >= 4 is 5.97 Å². The van der Waals surface area contributed by atoms with Crippen LogP contribution in [0.4, 0.5) is 0 Å². The number of nitrogens with zero attached hydrogens (tertiary/aromatic N) is 1. The lowest BCUT2D eigenvalue weighted by Crippen LogP contribution is -2.18. The van der Waals surface area contributed by atoms with Crippen LogP contribution in [0, 0.1) is 20.8 Å². The van der Waals surface area contributed by atoms with Crippen molar-refractivity contribution < 1.29 is 9.53 Å². The number of carbonyl (C=O) groups is 1. The first-order valence-corrected chi connectivity index (χ1v) is 11.0. The van der Waals surface area contributed by atoms with E-state index in [0.717, 1.165) is 34.6 Å². The van der Waals surface area contributed by atoms with Gasteiger partial charge in [0.25, 0.3) is 0 Å². The maximum absolute atomic E-state index is 13.4. The summed E-state index contributed by atoms with van der Waals surface area (Å²) in [4.78, 5) is 13.4. The molecule has 4 aromatic rings. The van der Waals surface area contributed by atoms with Gasteiger partial charge in [0.2, 0.25) is 0 Å². The van der Waals surface area contributed by atoms with Gasteiger partial charge in [-0.1, -0.05) is 90.5 Å². The van der Waals surface area contributed by atoms with Crippen LogP contribution >= 0.6 is 0 Å². The van der Waals surface area contributed by atoms with Gasteiger partial charge < -0.3 is 9.30 Å². The zero-order chi connectivity index (χ0) is 22.5. The number of benzene rings is 3. The fourth-order valence-corrected chi connectivity index (χ4v) is 4.14. The minimum atomic E-state index is -0.463. The van der Waals surface area contributed by atoms with Gasteiger partial charge >= 0.3 is 5.97 Å². The Hall–Kier alpha value is -3.59. The number of carbonyl (C=O) groups excluding carboxylic acids is 1. The molecule has 3 nitrogen and oxygen atoms in total. The first kappa shape index (κ1) is 21.6. The van der Waals surface area contributed by atoms with E-state index in [0.29, 0.717) is 0 Å². The van der Waals surface area contributed by atoms with Gasteiger partial charge in [-0.2, -0.15) is 0 Å². The average molecular weight is 424 g/mol. The molecule has 0 aliphatic heterocycles. The van der Waals surface area contributed by atoms with Crippen LogP contribution in [0.1, 0.15) is 45.1 Å². The van der Waals surface area contributed by atoms with E-state index in [1.165, 1.54) is 11.1 Å². The first-order valence-electron chi connectivity index (χ1n) is 11.0. The van der Waals surface area contributed by atoms with Crippen LogP contribution in [0.25, 0.3) is 0 Å². The lowest BCUT2D eigenvalue weighted by molar-refractivity contribution is -0.145. The minimum Gasteiger partial charge on any atom is -0.460 e. The Kier molecular flexibility index (Phi) is 6.55. The van der Waals surface area contributed by atoms with Crippen molar-refractivity contribution in [2.45, 2.75) is 39.8 Å². The molecule has 1 aromatic heterocycles. The largest absolute Gasteiger partial charge is 0.460 e. The molecule has 32 heavy (non-hydrogen) atoms. The smallest absolute Gasteiger partial charge is 0.318 e. The van der Waals surface area contributed by atoms with Crippen LogP contribution in [0.3, 0.4) is 0 Å². The van der Waals surface area contributed by atoms with Crippen LogP contribution in [0.5, 0.6) is 0 Å². The zero-order valence-electron chi connectivity index (χ0n) is 18.9. The van der Waals surface area contributed by atoms with E-state index in [9.17, 15) is 4.79 Å². The third-order valence-electron chi connectivity index (χ3n) is 5.98. The second-order valence-electron chi connectivity index (χ2n) is 8.34. The molecule has 0 saturated heterocycles. The van der Waals surface area contributed by atoms with E-state index < -0.39 is 5.92 Å². The number of hydrogen-bond donors (Lipinski definition) is 0. The third-order valence-corrected chi connectivity index (χ3v) is 5.98. The van der Waals surface area contributed by atoms with Crippen molar-refractivity contribution in [3.05, 3.63) is 130 Å². The van der Waals surface area contributed by atoms with Gasteiger partial charge in [0, 0.05) is 17.9 Å². The monoisotopic (exact) mass is 423 g/mol. The summed E-state index contributed by atoms with van der Waals surface area (Å²) in [6, 6.07) is 30.5. The van der Waals surface area contributed by atoms with Gasteiger partial charge in [0.1, 0.15) is 12.5 Å². The number of aromatic nitrogens is 1. The fraction of sp³-hybridized carbons (Fsp3) is 0.207. The molecule has 0 spiro atoms. The molecule has 1 heterocycles. The second kappa shape index (κ2) is 9.69. The molecule has 0 N–H and O–H groups in total. The SMILES string of the molecule is Cc1ccc([C@@H](C(=O)OCc2ccccc2)c2cc(C)n(Cc3ccccc3)c2C)cc1. The molecule has 0 aliphatic rings. The molecule has 1 atom stereocenters. The van der Waals surface area contributed by atoms with Gasteiger partial charge in [-0.3, -0.25) is 4.79 Å². The van der Waals surface area contributed by atoms with Crippen molar-refractivity contribution in [3.8, 4) is 0 Å². The van der Waals surface area contributed by atoms with Crippen LogP contribution in [-0.2, 0) is 22.7 Å². The molecule has 3 heteroatoms. The van der Waals surface area contributed by atoms with Gasteiger partial charge in [0.05, 0.1) is 0 Å². The standard InChI is InChI=1S/C29H29NO2/c1-21-14-16-26(17-15-21)28(29(31)32-20-25-12-8-5-9-13-25)27-18-22(2)30(23(27)3)19-24-10-6-4-7-11-24/h4-18,28H,19-20H2,1-3H3/t28-/m1/s1. The predicted molar refractivity (Wildman–Crippen MR) is 129 cm³/mol. The fourth-order valence-electron chi connectivity index (χ4n) is 4.14. The van der Waals surface area contributed by atoms with E-state index in [4.69, 9.17) is 4.74 Å². The summed E-state index contributed by atoms with van der Waals surface area (Å²) in [5, 5.41) is 0. The topological polar surface area (TPSA) is 31.2 Å². The summed E-state index contributed by atoms with van der Waals surface area (Å²) in [6.07, 6.45) is 0. The Morgan fingerprint density at radius 3 is 2.03 bits per heavy atom. The minimum absolute atomic E-state index is 0.224. The van der Waals surface area contributed by atoms with E-state index in [1.54, 1.807) is 0 Å². The highest BCUT2D eigenvalue weighted by Crippen LogP contribution is 2.32. The average Bonchev–Trinajstić information content (AvgIpc) is 3.08. The van der Waals surface area contributed by atoms with Crippen molar-refractivity contribution in [2.24, 2.45) is 0 Å². The van der Waals surface area contributed by atoms with Crippen molar-refractivity contribution in [2.75, 3.05) is 0 Å². The number of rotatable bonds is 7. The number of hydrogen-bond acceptors (Lipinski definition) is 2. The third kappa shape index (κ3) is 4.83. The number of aryl methyl sites for hydroxylation is 2. The van der Waals surface area contributed by atoms with Gasteiger partial charge in [-0.05, 0) is 49.1 Å². The Morgan fingerprint density at radius 2 is 1.41 bits per heavy atom. The summed E-state index contributed by atoms with van der Waals surface area (Å²) in [5.41, 5.74) is 7.56. The molecular weight excluding hydrogens is 394 g/mol. The summed E-state index contributed by atoms with van der Waals surface area (Å²) in [7, 11) is 0. The molecule has 162 valence electrons. The summed E-state index contributed by atoms with van der Waals surface area (Å²) in [5.74, 6) is -0.687. The molecule has 0 saturated carbocycles. The normalized spacial score (nSPS) is 11.8. The van der Waals surface area contributed by atoms with Crippen LogP contribution in [0.2, 0.25) is 0 Å². The Morgan fingerprint density at radius 1 is 0.812 bits per heavy atom.